The van der Waals surface area contributed by atoms with Crippen molar-refractivity contribution in [3.63, 3.8) is 0 Å². The summed E-state index contributed by atoms with van der Waals surface area (Å²) in [6.07, 6.45) is 0.925. The van der Waals surface area contributed by atoms with Crippen LogP contribution >= 0.6 is 0 Å². The van der Waals surface area contributed by atoms with Gasteiger partial charge in [0.1, 0.15) is 5.71 Å². The van der Waals surface area contributed by atoms with Crippen molar-refractivity contribution >= 4 is 5.71 Å². The summed E-state index contributed by atoms with van der Waals surface area (Å²) in [5.41, 5.74) is 4.15. The monoisotopic (exact) mass is 174 g/mol. The minimum atomic E-state index is -3.28. The van der Waals surface area contributed by atoms with E-state index in [-0.39, 0.29) is 11.3 Å². The lowest BCUT2D eigenvalue weighted by Crippen LogP contribution is -2.27. The van der Waals surface area contributed by atoms with Crippen molar-refractivity contribution < 1.29 is 8.78 Å². The summed E-state index contributed by atoms with van der Waals surface area (Å²) in [7, 11) is 0. The van der Waals surface area contributed by atoms with Crippen LogP contribution in [0.1, 0.15) is 13.8 Å². The second-order valence-electron chi connectivity index (χ2n) is 2.66. The minimum Gasteiger partial charge on any atom is -0.402 e. The molecule has 0 radical (unpaired) electrons. The van der Waals surface area contributed by atoms with Gasteiger partial charge in [0.15, 0.2) is 0 Å². The number of nitrogens with one attached hydrogen (secondary N) is 1. The molecule has 2 nitrogen and oxygen atoms in total. The van der Waals surface area contributed by atoms with E-state index in [1.807, 2.05) is 0 Å². The van der Waals surface area contributed by atoms with Gasteiger partial charge in [-0.15, -0.1) is 0 Å². The molecule has 0 atom stereocenters. The number of hydrogen-bond acceptors (Lipinski definition) is 2. The smallest absolute Gasteiger partial charge is 0.309 e. The third-order valence-corrected chi connectivity index (χ3v) is 1.25. The average molecular weight is 174 g/mol. The summed E-state index contributed by atoms with van der Waals surface area (Å²) in [6, 6.07) is 0. The summed E-state index contributed by atoms with van der Waals surface area (Å²) in [5, 5.41) is 6.98. The van der Waals surface area contributed by atoms with Crippen molar-refractivity contribution in [1.82, 2.24) is 0 Å². The van der Waals surface area contributed by atoms with Crippen molar-refractivity contribution in [1.29, 1.82) is 5.41 Å². The lowest BCUT2D eigenvalue weighted by atomic mass is 10.1. The molecule has 0 aromatic carbocycles. The molecule has 0 bridgehead atoms. The van der Waals surface area contributed by atoms with Crippen molar-refractivity contribution in [3.05, 3.63) is 23.9 Å². The summed E-state index contributed by atoms with van der Waals surface area (Å²) in [4.78, 5) is 0. The topological polar surface area (TPSA) is 49.9 Å². The van der Waals surface area contributed by atoms with Gasteiger partial charge in [0.05, 0.1) is 0 Å². The van der Waals surface area contributed by atoms with Crippen molar-refractivity contribution in [3.8, 4) is 0 Å². The van der Waals surface area contributed by atoms with Crippen LogP contribution in [0.4, 0.5) is 8.78 Å². The maximum atomic E-state index is 12.9. The first-order valence-electron chi connectivity index (χ1n) is 3.35. The van der Waals surface area contributed by atoms with Gasteiger partial charge in [-0.1, -0.05) is 6.58 Å². The molecule has 0 aromatic heterocycles. The quantitative estimate of drug-likeness (QED) is 0.499. The maximum Gasteiger partial charge on any atom is 0.309 e. The van der Waals surface area contributed by atoms with E-state index in [0.717, 1.165) is 6.08 Å². The fourth-order valence-electron chi connectivity index (χ4n) is 0.548. The van der Waals surface area contributed by atoms with Crippen LogP contribution in [0.15, 0.2) is 23.9 Å². The van der Waals surface area contributed by atoms with Gasteiger partial charge in [0, 0.05) is 5.70 Å². The van der Waals surface area contributed by atoms with Gasteiger partial charge in [-0.25, -0.2) is 0 Å². The van der Waals surface area contributed by atoms with E-state index in [9.17, 15) is 8.78 Å². The molecule has 0 aliphatic heterocycles. The summed E-state index contributed by atoms with van der Waals surface area (Å²) in [5.74, 6) is -3.28. The number of nitrogens with two attached hydrogens (primary N) is 1. The first-order valence-corrected chi connectivity index (χ1v) is 3.35. The zero-order chi connectivity index (χ0) is 9.94. The van der Waals surface area contributed by atoms with Crippen molar-refractivity contribution in [2.75, 3.05) is 0 Å². The fraction of sp³-hybridized carbons (Fsp3) is 0.375. The third-order valence-electron chi connectivity index (χ3n) is 1.25. The molecule has 0 spiro atoms. The Morgan fingerprint density at radius 1 is 1.50 bits per heavy atom. The summed E-state index contributed by atoms with van der Waals surface area (Å²) >= 11 is 0. The number of alkyl halides is 2. The van der Waals surface area contributed by atoms with E-state index < -0.39 is 11.6 Å². The Balaban J connectivity index is 4.70. The zero-order valence-electron chi connectivity index (χ0n) is 7.12. The Morgan fingerprint density at radius 2 is 1.92 bits per heavy atom. The molecule has 0 fully saturated rings. The Kier molecular flexibility index (Phi) is 3.13. The fourth-order valence-corrected chi connectivity index (χ4v) is 0.548. The van der Waals surface area contributed by atoms with Crippen LogP contribution in [0.5, 0.6) is 0 Å². The first kappa shape index (κ1) is 10.8. The Labute approximate surface area is 70.3 Å². The lowest BCUT2D eigenvalue weighted by molar-refractivity contribution is 0.121. The number of allylic oxidation sites excluding steroid dienone is 3. The highest BCUT2D eigenvalue weighted by Crippen LogP contribution is 2.24. The lowest BCUT2D eigenvalue weighted by Gasteiger charge is -2.14. The predicted molar refractivity (Wildman–Crippen MR) is 45.4 cm³/mol. The summed E-state index contributed by atoms with van der Waals surface area (Å²) in [6.45, 7) is 5.72. The van der Waals surface area contributed by atoms with E-state index in [4.69, 9.17) is 11.1 Å². The molecule has 0 heterocycles. The van der Waals surface area contributed by atoms with Gasteiger partial charge in [-0.2, -0.15) is 8.78 Å². The van der Waals surface area contributed by atoms with Gasteiger partial charge >= 0.3 is 5.92 Å². The van der Waals surface area contributed by atoms with Crippen molar-refractivity contribution in [2.45, 2.75) is 19.8 Å². The maximum absolute atomic E-state index is 12.9. The van der Waals surface area contributed by atoms with E-state index in [1.165, 1.54) is 13.8 Å². The van der Waals surface area contributed by atoms with E-state index in [0.29, 0.717) is 0 Å². The average Bonchev–Trinajstić information content (AvgIpc) is 1.85. The van der Waals surface area contributed by atoms with Gasteiger partial charge in [-0.05, 0) is 25.5 Å². The molecule has 12 heavy (non-hydrogen) atoms. The van der Waals surface area contributed by atoms with Gasteiger partial charge in [0.25, 0.3) is 0 Å². The molecule has 4 heteroatoms. The standard InChI is InChI=1S/C8H12F2N2/c1-5(2)8(9,10)7(12)4-6(3)11/h4,12H,1,11H2,2-3H3/b6-4-,12-7?. The van der Waals surface area contributed by atoms with Crippen LogP contribution < -0.4 is 5.73 Å². The first-order chi connectivity index (χ1) is 5.28. The van der Waals surface area contributed by atoms with Gasteiger partial charge < -0.3 is 5.73 Å². The van der Waals surface area contributed by atoms with Crippen LogP contribution in [-0.4, -0.2) is 11.6 Å². The van der Waals surface area contributed by atoms with Gasteiger partial charge in [-0.3, -0.25) is 5.41 Å². The number of hydrogen-bond donors (Lipinski definition) is 2. The predicted octanol–water partition coefficient (Wildman–Crippen LogP) is 2.08. The molecular weight excluding hydrogens is 162 g/mol. The van der Waals surface area contributed by atoms with E-state index in [2.05, 4.69) is 6.58 Å². The van der Waals surface area contributed by atoms with Crippen LogP contribution in [0, 0.1) is 5.41 Å². The molecule has 3 N–H and O–H groups in total. The van der Waals surface area contributed by atoms with Crippen molar-refractivity contribution in [2.24, 2.45) is 5.73 Å². The second-order valence-corrected chi connectivity index (χ2v) is 2.66. The summed E-state index contributed by atoms with van der Waals surface area (Å²) < 4.78 is 25.8. The second kappa shape index (κ2) is 3.47. The molecule has 68 valence electrons. The zero-order valence-corrected chi connectivity index (χ0v) is 7.12. The molecule has 0 saturated carbocycles. The molecule has 0 aliphatic carbocycles. The van der Waals surface area contributed by atoms with Crippen LogP contribution in [0.25, 0.3) is 0 Å². The highest BCUT2D eigenvalue weighted by atomic mass is 19.3. The molecule has 0 saturated heterocycles. The van der Waals surface area contributed by atoms with Crippen LogP contribution in [-0.2, 0) is 0 Å². The Morgan fingerprint density at radius 3 is 2.17 bits per heavy atom. The molecule has 0 aromatic rings. The van der Waals surface area contributed by atoms with E-state index >= 15 is 0 Å². The largest absolute Gasteiger partial charge is 0.402 e. The SMILES string of the molecule is C=C(C)C(F)(F)C(=N)/C=C(/C)N. The van der Waals surface area contributed by atoms with Crippen LogP contribution in [0.2, 0.25) is 0 Å². The third kappa shape index (κ3) is 2.45. The number of halogens is 2. The van der Waals surface area contributed by atoms with Crippen LogP contribution in [0.3, 0.4) is 0 Å². The molecule has 0 rings (SSSR count). The molecule has 0 amide bonds. The minimum absolute atomic E-state index is 0.181. The molecule has 0 unspecified atom stereocenters. The van der Waals surface area contributed by atoms with E-state index in [1.54, 1.807) is 0 Å². The Hall–Kier alpha value is -1.19. The highest BCUT2D eigenvalue weighted by Gasteiger charge is 2.34. The molecular formula is C8H12F2N2. The normalized spacial score (nSPS) is 12.8. The highest BCUT2D eigenvalue weighted by molar-refractivity contribution is 6.00. The molecule has 0 aliphatic rings. The van der Waals surface area contributed by atoms with Gasteiger partial charge in [0.2, 0.25) is 0 Å². The number of rotatable bonds is 3. The Bertz CT molecular complexity index is 237.